The van der Waals surface area contributed by atoms with Gasteiger partial charge in [-0.2, -0.15) is 0 Å². The third-order valence-corrected chi connectivity index (χ3v) is 5.66. The van der Waals surface area contributed by atoms with Crippen molar-refractivity contribution in [3.63, 3.8) is 0 Å². The van der Waals surface area contributed by atoms with Crippen LogP contribution in [0.5, 0.6) is 0 Å². The van der Waals surface area contributed by atoms with Crippen molar-refractivity contribution in [2.75, 3.05) is 5.32 Å². The van der Waals surface area contributed by atoms with E-state index in [1.54, 1.807) is 0 Å². The first-order chi connectivity index (χ1) is 13.5. The maximum Gasteiger partial charge on any atom is 0.316 e. The van der Waals surface area contributed by atoms with Gasteiger partial charge in [-0.05, 0) is 43.4 Å². The number of carbonyl (C=O) groups is 1. The molecule has 3 heteroatoms. The lowest BCUT2D eigenvalue weighted by Crippen LogP contribution is -2.20. The van der Waals surface area contributed by atoms with Crippen molar-refractivity contribution in [3.8, 4) is 0 Å². The topological polar surface area (TPSA) is 55.1 Å². The number of anilines is 1. The van der Waals surface area contributed by atoms with Crippen LogP contribution in [-0.2, 0) is 6.42 Å². The second-order valence-electron chi connectivity index (χ2n) is 8.44. The molecule has 0 aliphatic heterocycles. The number of urea groups is 1. The maximum atomic E-state index is 11.1. The molecular formula is C25H44N2O. The van der Waals surface area contributed by atoms with E-state index in [0.717, 1.165) is 23.2 Å². The first kappa shape index (κ1) is 24.5. The van der Waals surface area contributed by atoms with Crippen LogP contribution >= 0.6 is 0 Å². The van der Waals surface area contributed by atoms with Gasteiger partial charge in [0.1, 0.15) is 0 Å². The summed E-state index contributed by atoms with van der Waals surface area (Å²) in [6.45, 7) is 6.35. The van der Waals surface area contributed by atoms with Crippen molar-refractivity contribution >= 4 is 11.7 Å². The van der Waals surface area contributed by atoms with Crippen LogP contribution in [0.2, 0.25) is 0 Å². The van der Waals surface area contributed by atoms with E-state index in [1.807, 2.05) is 13.8 Å². The van der Waals surface area contributed by atoms with E-state index in [-0.39, 0.29) is 0 Å². The highest BCUT2D eigenvalue weighted by Gasteiger charge is 2.07. The largest absolute Gasteiger partial charge is 0.351 e. The molecule has 160 valence electrons. The molecule has 0 atom stereocenters. The van der Waals surface area contributed by atoms with Gasteiger partial charge in [0.15, 0.2) is 0 Å². The molecule has 3 nitrogen and oxygen atoms in total. The number of amides is 2. The molecule has 0 unspecified atom stereocenters. The zero-order valence-electron chi connectivity index (χ0n) is 18.7. The number of rotatable bonds is 16. The van der Waals surface area contributed by atoms with Crippen molar-refractivity contribution in [1.29, 1.82) is 0 Å². The standard InChI is InChI=1S/C25H44N2O/c1-4-5-6-7-8-9-10-11-12-13-14-15-16-17-18-23-19-21(2)24(22(3)20-23)27-25(26)28/h19-20H,4-18H2,1-3H3,(H3,26,27,28). The van der Waals surface area contributed by atoms with Crippen molar-refractivity contribution in [3.05, 3.63) is 28.8 Å². The average molecular weight is 389 g/mol. The Balaban J connectivity index is 2.02. The summed E-state index contributed by atoms with van der Waals surface area (Å²) in [5.41, 5.74) is 9.66. The first-order valence-electron chi connectivity index (χ1n) is 11.7. The van der Waals surface area contributed by atoms with Gasteiger partial charge in [0.05, 0.1) is 0 Å². The van der Waals surface area contributed by atoms with Gasteiger partial charge in [-0.25, -0.2) is 4.79 Å². The Morgan fingerprint density at radius 2 is 1.14 bits per heavy atom. The fourth-order valence-corrected chi connectivity index (χ4v) is 4.04. The molecule has 28 heavy (non-hydrogen) atoms. The Bertz CT molecular complexity index is 530. The van der Waals surface area contributed by atoms with Gasteiger partial charge in [0.2, 0.25) is 0 Å². The van der Waals surface area contributed by atoms with E-state index in [1.165, 1.54) is 95.5 Å². The predicted octanol–water partition coefficient (Wildman–Crippen LogP) is 7.82. The normalized spacial score (nSPS) is 11.0. The summed E-state index contributed by atoms with van der Waals surface area (Å²) in [5.74, 6) is 0. The molecule has 0 heterocycles. The second kappa shape index (κ2) is 15.4. The van der Waals surface area contributed by atoms with Gasteiger partial charge in [-0.3, -0.25) is 0 Å². The second-order valence-corrected chi connectivity index (χ2v) is 8.44. The SMILES string of the molecule is CCCCCCCCCCCCCCCCc1cc(C)c(NC(N)=O)c(C)c1. The Kier molecular flexibility index (Phi) is 13.5. The Labute approximate surface area is 173 Å². The molecule has 0 aliphatic rings. The number of benzene rings is 1. The number of nitrogens with one attached hydrogen (secondary N) is 1. The molecule has 0 bridgehead atoms. The molecule has 2 amide bonds. The summed E-state index contributed by atoms with van der Waals surface area (Å²) < 4.78 is 0. The fourth-order valence-electron chi connectivity index (χ4n) is 4.04. The molecule has 0 saturated carbocycles. The molecule has 0 aromatic heterocycles. The summed E-state index contributed by atoms with van der Waals surface area (Å²) in [6.07, 6.45) is 20.6. The number of primary amides is 1. The summed E-state index contributed by atoms with van der Waals surface area (Å²) >= 11 is 0. The van der Waals surface area contributed by atoms with Crippen molar-refractivity contribution in [1.82, 2.24) is 0 Å². The van der Waals surface area contributed by atoms with Crippen molar-refractivity contribution in [2.24, 2.45) is 5.73 Å². The summed E-state index contributed by atoms with van der Waals surface area (Å²) in [4.78, 5) is 11.1. The molecular weight excluding hydrogens is 344 g/mol. The number of hydrogen-bond acceptors (Lipinski definition) is 1. The molecule has 1 aromatic carbocycles. The molecule has 0 fully saturated rings. The zero-order chi connectivity index (χ0) is 20.6. The molecule has 0 aliphatic carbocycles. The highest BCUT2D eigenvalue weighted by Crippen LogP contribution is 2.23. The van der Waals surface area contributed by atoms with Crippen LogP contribution in [0.1, 0.15) is 114 Å². The van der Waals surface area contributed by atoms with E-state index in [4.69, 9.17) is 5.73 Å². The van der Waals surface area contributed by atoms with Crippen LogP contribution in [0, 0.1) is 13.8 Å². The lowest BCUT2D eigenvalue weighted by atomic mass is 9.99. The summed E-state index contributed by atoms with van der Waals surface area (Å²) in [5, 5.41) is 2.73. The lowest BCUT2D eigenvalue weighted by Gasteiger charge is -2.12. The Morgan fingerprint density at radius 1 is 0.750 bits per heavy atom. The fraction of sp³-hybridized carbons (Fsp3) is 0.720. The third-order valence-electron chi connectivity index (χ3n) is 5.66. The molecule has 1 aromatic rings. The van der Waals surface area contributed by atoms with E-state index in [2.05, 4.69) is 24.4 Å². The number of unbranched alkanes of at least 4 members (excludes halogenated alkanes) is 13. The van der Waals surface area contributed by atoms with Gasteiger partial charge < -0.3 is 11.1 Å². The van der Waals surface area contributed by atoms with Crippen LogP contribution in [0.3, 0.4) is 0 Å². The van der Waals surface area contributed by atoms with Crippen molar-refractivity contribution in [2.45, 2.75) is 117 Å². The smallest absolute Gasteiger partial charge is 0.316 e. The minimum Gasteiger partial charge on any atom is -0.351 e. The van der Waals surface area contributed by atoms with E-state index in [0.29, 0.717) is 0 Å². The lowest BCUT2D eigenvalue weighted by molar-refractivity contribution is 0.259. The Morgan fingerprint density at radius 3 is 1.54 bits per heavy atom. The van der Waals surface area contributed by atoms with E-state index < -0.39 is 6.03 Å². The van der Waals surface area contributed by atoms with Gasteiger partial charge in [-0.1, -0.05) is 103 Å². The third kappa shape index (κ3) is 11.4. The molecule has 0 radical (unpaired) electrons. The summed E-state index contributed by atoms with van der Waals surface area (Å²) in [6, 6.07) is 3.87. The minimum absolute atomic E-state index is 0.495. The predicted molar refractivity (Wildman–Crippen MR) is 123 cm³/mol. The van der Waals surface area contributed by atoms with Gasteiger partial charge in [0, 0.05) is 5.69 Å². The maximum absolute atomic E-state index is 11.1. The Hall–Kier alpha value is -1.51. The highest BCUT2D eigenvalue weighted by atomic mass is 16.2. The number of aryl methyl sites for hydroxylation is 3. The van der Waals surface area contributed by atoms with Gasteiger partial charge in [-0.15, -0.1) is 0 Å². The number of hydrogen-bond donors (Lipinski definition) is 2. The minimum atomic E-state index is -0.495. The average Bonchev–Trinajstić information content (AvgIpc) is 2.65. The molecule has 0 saturated heterocycles. The van der Waals surface area contributed by atoms with Gasteiger partial charge in [0.25, 0.3) is 0 Å². The van der Waals surface area contributed by atoms with E-state index in [9.17, 15) is 4.79 Å². The molecule has 0 spiro atoms. The first-order valence-corrected chi connectivity index (χ1v) is 11.7. The number of carbonyl (C=O) groups excluding carboxylic acids is 1. The summed E-state index contributed by atoms with van der Waals surface area (Å²) in [7, 11) is 0. The van der Waals surface area contributed by atoms with Crippen LogP contribution in [0.25, 0.3) is 0 Å². The van der Waals surface area contributed by atoms with Crippen LogP contribution in [0.15, 0.2) is 12.1 Å². The van der Waals surface area contributed by atoms with Gasteiger partial charge >= 0.3 is 6.03 Å². The van der Waals surface area contributed by atoms with Crippen LogP contribution < -0.4 is 11.1 Å². The molecule has 3 N–H and O–H groups in total. The van der Waals surface area contributed by atoms with Crippen LogP contribution in [0.4, 0.5) is 10.5 Å². The quantitative estimate of drug-likeness (QED) is 0.279. The molecule has 1 rings (SSSR count). The van der Waals surface area contributed by atoms with E-state index >= 15 is 0 Å². The number of nitrogens with two attached hydrogens (primary N) is 1. The highest BCUT2D eigenvalue weighted by molar-refractivity contribution is 5.89. The van der Waals surface area contributed by atoms with Crippen molar-refractivity contribution < 1.29 is 4.79 Å². The van der Waals surface area contributed by atoms with Crippen LogP contribution in [-0.4, -0.2) is 6.03 Å². The monoisotopic (exact) mass is 388 g/mol. The zero-order valence-corrected chi connectivity index (χ0v) is 18.7.